The van der Waals surface area contributed by atoms with E-state index in [1.54, 1.807) is 19.1 Å². The van der Waals surface area contributed by atoms with Gasteiger partial charge in [0.25, 0.3) is 5.56 Å². The largest absolute Gasteiger partial charge is 1.00 e. The average molecular weight is 523 g/mol. The van der Waals surface area contributed by atoms with Crippen LogP contribution < -0.4 is 90.3 Å². The predicted octanol–water partition coefficient (Wildman–Crippen LogP) is -3.93. The summed E-state index contributed by atoms with van der Waals surface area (Å²) in [5, 5.41) is 28.6. The predicted molar refractivity (Wildman–Crippen MR) is 128 cm³/mol. The molecule has 0 saturated carbocycles. The SMILES string of the molecule is COc1cc(-c2c(C)cccc2C)cc([C@H](CC(=O)[O-])NC(=O)Nc2c([O-])cc(C)n(C)c2=O)c1.[Na+].[Na+]. The molecule has 1 heterocycles. The molecule has 0 unspecified atom stereocenters. The minimum absolute atomic E-state index is 0. The summed E-state index contributed by atoms with van der Waals surface area (Å²) in [4.78, 5) is 36.7. The molecule has 1 atom stereocenters. The van der Waals surface area contributed by atoms with E-state index in [1.165, 1.54) is 24.8 Å². The Morgan fingerprint density at radius 3 is 2.24 bits per heavy atom. The normalized spacial score (nSPS) is 10.9. The maximum atomic E-state index is 12.7. The molecule has 0 fully saturated rings. The van der Waals surface area contributed by atoms with Crippen LogP contribution in [0.2, 0.25) is 0 Å². The smallest absolute Gasteiger partial charge is 0.871 e. The quantitative estimate of drug-likeness (QED) is 0.304. The van der Waals surface area contributed by atoms with Gasteiger partial charge in [0, 0.05) is 25.1 Å². The minimum Gasteiger partial charge on any atom is -0.871 e. The van der Waals surface area contributed by atoms with Crippen molar-refractivity contribution in [2.75, 3.05) is 12.4 Å². The summed E-state index contributed by atoms with van der Waals surface area (Å²) in [6.07, 6.45) is -0.539. The van der Waals surface area contributed by atoms with Gasteiger partial charge in [-0.3, -0.25) is 4.79 Å². The molecule has 0 aliphatic carbocycles. The number of nitrogens with zero attached hydrogens (tertiary/aromatic N) is 1. The summed E-state index contributed by atoms with van der Waals surface area (Å²) >= 11 is 0. The molecule has 0 aliphatic heterocycles. The van der Waals surface area contributed by atoms with E-state index in [0.29, 0.717) is 17.0 Å². The van der Waals surface area contributed by atoms with E-state index < -0.39 is 41.5 Å². The second-order valence-corrected chi connectivity index (χ2v) is 8.38. The van der Waals surface area contributed by atoms with E-state index in [1.807, 2.05) is 38.1 Å². The number of anilines is 1. The summed E-state index contributed by atoms with van der Waals surface area (Å²) < 4.78 is 6.66. The summed E-state index contributed by atoms with van der Waals surface area (Å²) in [7, 11) is 2.97. The molecular formula is C26H27N3Na2O6. The van der Waals surface area contributed by atoms with E-state index in [-0.39, 0.29) is 59.1 Å². The molecule has 184 valence electrons. The number of hydrogen-bond acceptors (Lipinski definition) is 6. The second kappa shape index (κ2) is 14.0. The van der Waals surface area contributed by atoms with Crippen molar-refractivity contribution in [3.8, 4) is 22.6 Å². The average Bonchev–Trinajstić information content (AvgIpc) is 2.79. The molecule has 11 heteroatoms. The summed E-state index contributed by atoms with van der Waals surface area (Å²) in [6.45, 7) is 5.53. The fourth-order valence-electron chi connectivity index (χ4n) is 3.99. The van der Waals surface area contributed by atoms with Gasteiger partial charge >= 0.3 is 65.1 Å². The molecule has 2 aromatic carbocycles. The van der Waals surface area contributed by atoms with Gasteiger partial charge in [0.15, 0.2) is 0 Å². The number of hydrogen-bond donors (Lipinski definition) is 2. The van der Waals surface area contributed by atoms with Crippen LogP contribution in [0.4, 0.5) is 10.5 Å². The number of methoxy groups -OCH3 is 1. The summed E-state index contributed by atoms with van der Waals surface area (Å²) in [6, 6.07) is 10.4. The van der Waals surface area contributed by atoms with Crippen molar-refractivity contribution in [2.45, 2.75) is 33.2 Å². The van der Waals surface area contributed by atoms with Gasteiger partial charge in [-0.05, 0) is 72.9 Å². The number of carboxylic acid groups (broad SMARTS) is 1. The van der Waals surface area contributed by atoms with Crippen LogP contribution in [0.1, 0.15) is 34.8 Å². The van der Waals surface area contributed by atoms with Gasteiger partial charge in [-0.1, -0.05) is 23.9 Å². The maximum absolute atomic E-state index is 12.7. The maximum Gasteiger partial charge on any atom is 1.00 e. The number of rotatable bonds is 7. The van der Waals surface area contributed by atoms with Crippen LogP contribution in [-0.2, 0) is 11.8 Å². The fraction of sp³-hybridized carbons (Fsp3) is 0.269. The Bertz CT molecular complexity index is 1340. The number of nitrogens with one attached hydrogen (secondary N) is 2. The molecule has 0 radical (unpaired) electrons. The Labute approximate surface area is 259 Å². The number of pyridine rings is 1. The number of carbonyl (C=O) groups excluding carboxylic acids is 2. The first-order valence-electron chi connectivity index (χ1n) is 10.9. The van der Waals surface area contributed by atoms with Crippen LogP contribution in [0.3, 0.4) is 0 Å². The molecule has 37 heavy (non-hydrogen) atoms. The van der Waals surface area contributed by atoms with Crippen LogP contribution in [0.25, 0.3) is 11.1 Å². The van der Waals surface area contributed by atoms with Gasteiger partial charge in [0.05, 0.1) is 13.2 Å². The Morgan fingerprint density at radius 2 is 1.68 bits per heavy atom. The number of aromatic nitrogens is 1. The van der Waals surface area contributed by atoms with Crippen LogP contribution >= 0.6 is 0 Å². The van der Waals surface area contributed by atoms with Crippen molar-refractivity contribution in [3.05, 3.63) is 75.2 Å². The Morgan fingerprint density at radius 1 is 1.05 bits per heavy atom. The first-order chi connectivity index (χ1) is 16.5. The molecular weight excluding hydrogens is 496 g/mol. The van der Waals surface area contributed by atoms with E-state index in [9.17, 15) is 24.6 Å². The summed E-state index contributed by atoms with van der Waals surface area (Å²) in [5.41, 5.74) is 3.59. The second-order valence-electron chi connectivity index (χ2n) is 8.38. The Kier molecular flexibility index (Phi) is 12.4. The van der Waals surface area contributed by atoms with Gasteiger partial charge in [0.2, 0.25) is 0 Å². The van der Waals surface area contributed by atoms with Crippen molar-refractivity contribution in [2.24, 2.45) is 7.05 Å². The molecule has 2 amide bonds. The van der Waals surface area contributed by atoms with Crippen molar-refractivity contribution in [1.29, 1.82) is 0 Å². The third-order valence-corrected chi connectivity index (χ3v) is 5.89. The molecule has 0 bridgehead atoms. The topological polar surface area (TPSA) is 136 Å². The first kappa shape index (κ1) is 32.8. The molecule has 3 aromatic rings. The number of aryl methyl sites for hydroxylation is 3. The summed E-state index contributed by atoms with van der Waals surface area (Å²) in [5.74, 6) is -1.56. The Hall–Kier alpha value is -2.27. The van der Waals surface area contributed by atoms with Gasteiger partial charge < -0.3 is 34.9 Å². The first-order valence-corrected chi connectivity index (χ1v) is 10.9. The molecule has 3 rings (SSSR count). The number of ether oxygens (including phenoxy) is 1. The van der Waals surface area contributed by atoms with Crippen LogP contribution in [-0.4, -0.2) is 23.7 Å². The third kappa shape index (κ3) is 7.86. The number of carbonyl (C=O) groups is 2. The molecule has 2 N–H and O–H groups in total. The van der Waals surface area contributed by atoms with Gasteiger partial charge in [-0.15, -0.1) is 0 Å². The zero-order chi connectivity index (χ0) is 25.9. The van der Waals surface area contributed by atoms with Crippen molar-refractivity contribution >= 4 is 17.7 Å². The molecule has 0 saturated heterocycles. The van der Waals surface area contributed by atoms with E-state index in [2.05, 4.69) is 10.6 Å². The number of amides is 2. The van der Waals surface area contributed by atoms with E-state index in [4.69, 9.17) is 4.74 Å². The van der Waals surface area contributed by atoms with E-state index in [0.717, 1.165) is 22.3 Å². The Balaban J connectivity index is 0.00000342. The third-order valence-electron chi connectivity index (χ3n) is 5.89. The molecule has 1 aromatic heterocycles. The van der Waals surface area contributed by atoms with Gasteiger partial charge in [-0.2, -0.15) is 0 Å². The van der Waals surface area contributed by atoms with Crippen LogP contribution in [0.5, 0.6) is 11.5 Å². The zero-order valence-corrected chi connectivity index (χ0v) is 26.2. The van der Waals surface area contributed by atoms with Crippen LogP contribution in [0.15, 0.2) is 47.3 Å². The van der Waals surface area contributed by atoms with Crippen molar-refractivity contribution < 1.29 is 83.7 Å². The zero-order valence-electron chi connectivity index (χ0n) is 22.2. The standard InChI is InChI=1S/C26H29N3O6.2Na/c1-14-7-6-8-15(2)23(14)18-10-17(11-19(12-18)35-5)20(13-22(31)32)27-26(34)28-24-21(30)9-16(3)29(4)25(24)33;;/h6-12,20,30H,13H2,1-5H3,(H,31,32)(H2,27,28,34);;/q;2*+1/p-2/t20-;;/m0../s1. The monoisotopic (exact) mass is 523 g/mol. The van der Waals surface area contributed by atoms with Crippen molar-refractivity contribution in [1.82, 2.24) is 9.88 Å². The van der Waals surface area contributed by atoms with Crippen LogP contribution in [0, 0.1) is 20.8 Å². The molecule has 9 nitrogen and oxygen atoms in total. The van der Waals surface area contributed by atoms with Gasteiger partial charge in [-0.25, -0.2) is 4.79 Å². The number of urea groups is 1. The number of benzene rings is 2. The fourth-order valence-corrected chi connectivity index (χ4v) is 3.99. The molecule has 0 spiro atoms. The number of carboxylic acids is 1. The number of aliphatic carboxylic acids is 1. The van der Waals surface area contributed by atoms with Gasteiger partial charge in [0.1, 0.15) is 11.4 Å². The minimum atomic E-state index is -1.39. The van der Waals surface area contributed by atoms with E-state index >= 15 is 0 Å². The van der Waals surface area contributed by atoms with Crippen molar-refractivity contribution in [3.63, 3.8) is 0 Å². The molecule has 0 aliphatic rings.